The van der Waals surface area contributed by atoms with Gasteiger partial charge >= 0.3 is 0 Å². The maximum atomic E-state index is 11.8. The molecule has 0 aromatic heterocycles. The Morgan fingerprint density at radius 2 is 2.22 bits per heavy atom. The zero-order chi connectivity index (χ0) is 13.0. The maximum Gasteiger partial charge on any atom is 0.238 e. The minimum absolute atomic E-state index is 0.0172. The molecule has 2 N–H and O–H groups in total. The summed E-state index contributed by atoms with van der Waals surface area (Å²) in [6.45, 7) is 2.52. The molecule has 2 rings (SSSR count). The van der Waals surface area contributed by atoms with Crippen LogP contribution < -0.4 is 15.4 Å². The van der Waals surface area contributed by atoms with Gasteiger partial charge in [0.25, 0.3) is 0 Å². The maximum absolute atomic E-state index is 11.8. The van der Waals surface area contributed by atoms with E-state index in [1.54, 1.807) is 7.11 Å². The molecular formula is C14H20N2O2. The number of hydrogen-bond acceptors (Lipinski definition) is 3. The summed E-state index contributed by atoms with van der Waals surface area (Å²) in [6, 6.07) is 7.37. The Labute approximate surface area is 108 Å². The van der Waals surface area contributed by atoms with Crippen molar-refractivity contribution in [3.05, 3.63) is 24.3 Å². The molecule has 0 spiro atoms. The van der Waals surface area contributed by atoms with Crippen molar-refractivity contribution in [2.75, 3.05) is 19.0 Å². The minimum atomic E-state index is -0.0172. The highest BCUT2D eigenvalue weighted by Gasteiger charge is 2.31. The number of amides is 1. The van der Waals surface area contributed by atoms with Gasteiger partial charge in [0.05, 0.1) is 13.7 Å². The second-order valence-corrected chi connectivity index (χ2v) is 5.05. The Morgan fingerprint density at radius 3 is 2.83 bits per heavy atom. The van der Waals surface area contributed by atoms with Gasteiger partial charge in [-0.2, -0.15) is 0 Å². The highest BCUT2D eigenvalue weighted by Crippen LogP contribution is 2.30. The van der Waals surface area contributed by atoms with E-state index in [9.17, 15) is 4.79 Å². The van der Waals surface area contributed by atoms with E-state index in [1.807, 2.05) is 24.3 Å². The van der Waals surface area contributed by atoms with Crippen LogP contribution in [0, 0.1) is 0 Å². The Hall–Kier alpha value is -1.55. The molecule has 0 aliphatic heterocycles. The van der Waals surface area contributed by atoms with E-state index < -0.39 is 0 Å². The summed E-state index contributed by atoms with van der Waals surface area (Å²) in [5.74, 6) is 0.725. The van der Waals surface area contributed by atoms with Crippen molar-refractivity contribution in [3.63, 3.8) is 0 Å². The number of carbonyl (C=O) groups excluding carboxylic acids is 1. The average Bonchev–Trinajstić information content (AvgIpc) is 2.34. The molecule has 0 radical (unpaired) electrons. The molecule has 18 heavy (non-hydrogen) atoms. The van der Waals surface area contributed by atoms with Gasteiger partial charge in [-0.25, -0.2) is 0 Å². The molecule has 1 saturated carbocycles. The molecule has 4 nitrogen and oxygen atoms in total. The van der Waals surface area contributed by atoms with Crippen LogP contribution >= 0.6 is 0 Å². The third-order valence-electron chi connectivity index (χ3n) is 3.49. The first kappa shape index (κ1) is 12.9. The van der Waals surface area contributed by atoms with Crippen molar-refractivity contribution in [1.82, 2.24) is 5.32 Å². The van der Waals surface area contributed by atoms with Crippen LogP contribution in [-0.4, -0.2) is 25.1 Å². The van der Waals surface area contributed by atoms with Crippen LogP contribution in [0.2, 0.25) is 0 Å². The van der Waals surface area contributed by atoms with Crippen molar-refractivity contribution in [3.8, 4) is 5.75 Å². The third-order valence-corrected chi connectivity index (χ3v) is 3.49. The van der Waals surface area contributed by atoms with Crippen LogP contribution in [0.4, 0.5) is 5.69 Å². The molecule has 1 amide bonds. The molecule has 0 saturated heterocycles. The first-order valence-electron chi connectivity index (χ1n) is 6.30. The minimum Gasteiger partial charge on any atom is -0.497 e. The quantitative estimate of drug-likeness (QED) is 0.839. The van der Waals surface area contributed by atoms with Crippen LogP contribution in [0.25, 0.3) is 0 Å². The fourth-order valence-electron chi connectivity index (χ4n) is 2.08. The standard InChI is InChI=1S/C14H20N2O2/c1-14(7-4-8-14)15-10-13(17)16-11-5-3-6-12(9-11)18-2/h3,5-6,9,15H,4,7-8,10H2,1-2H3,(H,16,17). The number of methoxy groups -OCH3 is 1. The molecule has 1 fully saturated rings. The van der Waals surface area contributed by atoms with Gasteiger partial charge in [-0.1, -0.05) is 6.07 Å². The molecular weight excluding hydrogens is 228 g/mol. The molecule has 0 bridgehead atoms. The van der Waals surface area contributed by atoms with E-state index in [4.69, 9.17) is 4.74 Å². The van der Waals surface area contributed by atoms with Gasteiger partial charge in [0.1, 0.15) is 5.75 Å². The zero-order valence-corrected chi connectivity index (χ0v) is 11.0. The molecule has 0 unspecified atom stereocenters. The Kier molecular flexibility index (Phi) is 3.87. The summed E-state index contributed by atoms with van der Waals surface area (Å²) in [4.78, 5) is 11.8. The predicted molar refractivity (Wildman–Crippen MR) is 71.9 cm³/mol. The monoisotopic (exact) mass is 248 g/mol. The smallest absolute Gasteiger partial charge is 0.238 e. The lowest BCUT2D eigenvalue weighted by atomic mass is 9.78. The van der Waals surface area contributed by atoms with E-state index in [0.717, 1.165) is 24.3 Å². The molecule has 98 valence electrons. The molecule has 1 aromatic rings. The van der Waals surface area contributed by atoms with Gasteiger partial charge < -0.3 is 15.4 Å². The summed E-state index contributed by atoms with van der Waals surface area (Å²) >= 11 is 0. The van der Waals surface area contributed by atoms with E-state index >= 15 is 0 Å². The van der Waals surface area contributed by atoms with Crippen LogP contribution in [0.1, 0.15) is 26.2 Å². The van der Waals surface area contributed by atoms with E-state index in [1.165, 1.54) is 6.42 Å². The van der Waals surface area contributed by atoms with E-state index in [-0.39, 0.29) is 11.4 Å². The van der Waals surface area contributed by atoms with Crippen LogP contribution in [0.3, 0.4) is 0 Å². The van der Waals surface area contributed by atoms with Crippen molar-refractivity contribution >= 4 is 11.6 Å². The molecule has 4 heteroatoms. The molecule has 0 atom stereocenters. The Morgan fingerprint density at radius 1 is 1.44 bits per heavy atom. The molecule has 1 aliphatic rings. The summed E-state index contributed by atoms with van der Waals surface area (Å²) < 4.78 is 5.11. The first-order valence-corrected chi connectivity index (χ1v) is 6.30. The van der Waals surface area contributed by atoms with E-state index in [0.29, 0.717) is 6.54 Å². The van der Waals surface area contributed by atoms with Crippen LogP contribution in [0.15, 0.2) is 24.3 Å². The number of ether oxygens (including phenoxy) is 1. The number of benzene rings is 1. The normalized spacial score (nSPS) is 16.8. The second kappa shape index (κ2) is 5.40. The fourth-order valence-corrected chi connectivity index (χ4v) is 2.08. The van der Waals surface area contributed by atoms with Gasteiger partial charge in [0.15, 0.2) is 0 Å². The molecule has 1 aliphatic carbocycles. The van der Waals surface area contributed by atoms with Crippen molar-refractivity contribution in [2.45, 2.75) is 31.7 Å². The van der Waals surface area contributed by atoms with Crippen molar-refractivity contribution in [2.24, 2.45) is 0 Å². The number of hydrogen-bond donors (Lipinski definition) is 2. The number of anilines is 1. The second-order valence-electron chi connectivity index (χ2n) is 5.05. The third kappa shape index (κ3) is 3.23. The average molecular weight is 248 g/mol. The fraction of sp³-hybridized carbons (Fsp3) is 0.500. The largest absolute Gasteiger partial charge is 0.497 e. The summed E-state index contributed by atoms with van der Waals surface area (Å²) in [5, 5.41) is 6.16. The lowest BCUT2D eigenvalue weighted by Crippen LogP contribution is -2.50. The van der Waals surface area contributed by atoms with Crippen molar-refractivity contribution in [1.29, 1.82) is 0 Å². The summed E-state index contributed by atoms with van der Waals surface area (Å²) in [5.41, 5.74) is 0.922. The van der Waals surface area contributed by atoms with Crippen LogP contribution in [-0.2, 0) is 4.79 Å². The highest BCUT2D eigenvalue weighted by atomic mass is 16.5. The lowest BCUT2D eigenvalue weighted by Gasteiger charge is -2.39. The zero-order valence-electron chi connectivity index (χ0n) is 11.0. The van der Waals surface area contributed by atoms with Gasteiger partial charge in [-0.05, 0) is 38.3 Å². The Bertz CT molecular complexity index is 428. The van der Waals surface area contributed by atoms with Gasteiger partial charge in [-0.15, -0.1) is 0 Å². The number of rotatable bonds is 5. The highest BCUT2D eigenvalue weighted by molar-refractivity contribution is 5.92. The van der Waals surface area contributed by atoms with Gasteiger partial charge in [0, 0.05) is 17.3 Å². The molecule has 0 heterocycles. The lowest BCUT2D eigenvalue weighted by molar-refractivity contribution is -0.115. The Balaban J connectivity index is 1.82. The van der Waals surface area contributed by atoms with Crippen LogP contribution in [0.5, 0.6) is 5.75 Å². The van der Waals surface area contributed by atoms with Crippen molar-refractivity contribution < 1.29 is 9.53 Å². The van der Waals surface area contributed by atoms with Gasteiger partial charge in [-0.3, -0.25) is 4.79 Å². The van der Waals surface area contributed by atoms with E-state index in [2.05, 4.69) is 17.6 Å². The number of nitrogens with one attached hydrogen (secondary N) is 2. The number of carbonyl (C=O) groups is 1. The van der Waals surface area contributed by atoms with Gasteiger partial charge in [0.2, 0.25) is 5.91 Å². The first-order chi connectivity index (χ1) is 8.61. The summed E-state index contributed by atoms with van der Waals surface area (Å²) in [7, 11) is 1.61. The molecule has 1 aromatic carbocycles. The SMILES string of the molecule is COc1cccc(NC(=O)CNC2(C)CCC2)c1. The topological polar surface area (TPSA) is 50.4 Å². The summed E-state index contributed by atoms with van der Waals surface area (Å²) in [6.07, 6.45) is 3.56. The predicted octanol–water partition coefficient (Wildman–Crippen LogP) is 2.17.